The first-order chi connectivity index (χ1) is 8.99. The first kappa shape index (κ1) is 13.0. The number of rotatable bonds is 4. The molecule has 98 valence electrons. The number of carboxylic acid groups (broad SMARTS) is 1. The first-order valence-electron chi connectivity index (χ1n) is 5.86. The highest BCUT2D eigenvalue weighted by molar-refractivity contribution is 6.01. The summed E-state index contributed by atoms with van der Waals surface area (Å²) in [5.41, 5.74) is 1.09. The lowest BCUT2D eigenvalue weighted by Gasteiger charge is -2.03. The van der Waals surface area contributed by atoms with Gasteiger partial charge in [-0.3, -0.25) is 19.0 Å². The second-order valence-corrected chi connectivity index (χ2v) is 4.30. The van der Waals surface area contributed by atoms with E-state index in [4.69, 9.17) is 5.11 Å². The molecule has 1 N–H and O–H groups in total. The molecule has 0 spiro atoms. The van der Waals surface area contributed by atoms with E-state index in [1.54, 1.807) is 30.5 Å². The molecule has 1 aromatic carbocycles. The van der Waals surface area contributed by atoms with Crippen molar-refractivity contribution in [3.05, 3.63) is 36.0 Å². The van der Waals surface area contributed by atoms with Crippen molar-refractivity contribution in [3.8, 4) is 0 Å². The highest BCUT2D eigenvalue weighted by Gasteiger charge is 2.11. The molecule has 1 aromatic heterocycles. The molecular formula is C14H13NO4. The van der Waals surface area contributed by atoms with Crippen LogP contribution in [0.2, 0.25) is 0 Å². The van der Waals surface area contributed by atoms with E-state index >= 15 is 0 Å². The summed E-state index contributed by atoms with van der Waals surface area (Å²) in [7, 11) is 0. The number of hydrogen-bond donors (Lipinski definition) is 1. The van der Waals surface area contributed by atoms with Crippen molar-refractivity contribution >= 4 is 28.6 Å². The third kappa shape index (κ3) is 2.70. The Labute approximate surface area is 109 Å². The topological polar surface area (TPSA) is 76.4 Å². The lowest BCUT2D eigenvalue weighted by molar-refractivity contribution is -0.136. The summed E-state index contributed by atoms with van der Waals surface area (Å²) >= 11 is 0. The molecule has 19 heavy (non-hydrogen) atoms. The summed E-state index contributed by atoms with van der Waals surface area (Å²) in [6.45, 7) is 1.44. The van der Waals surface area contributed by atoms with E-state index in [0.29, 0.717) is 11.1 Å². The Bertz CT molecular complexity index is 669. The van der Waals surface area contributed by atoms with Gasteiger partial charge in [-0.05, 0) is 12.1 Å². The minimum atomic E-state index is -0.999. The maximum absolute atomic E-state index is 11.8. The van der Waals surface area contributed by atoms with E-state index < -0.39 is 5.97 Å². The minimum absolute atomic E-state index is 0.0401. The van der Waals surface area contributed by atoms with Crippen LogP contribution in [0.1, 0.15) is 34.9 Å². The van der Waals surface area contributed by atoms with E-state index in [1.807, 2.05) is 0 Å². The van der Waals surface area contributed by atoms with Gasteiger partial charge in [-0.1, -0.05) is 12.1 Å². The number of benzene rings is 1. The second-order valence-electron chi connectivity index (χ2n) is 4.30. The zero-order valence-corrected chi connectivity index (χ0v) is 10.4. The third-order valence-corrected chi connectivity index (χ3v) is 2.92. The lowest BCUT2D eigenvalue weighted by atomic mass is 10.1. The molecule has 0 saturated carbocycles. The van der Waals surface area contributed by atoms with Crippen molar-refractivity contribution in [2.75, 3.05) is 0 Å². The van der Waals surface area contributed by atoms with Crippen LogP contribution in [0.3, 0.4) is 0 Å². The Balaban J connectivity index is 2.34. The van der Waals surface area contributed by atoms with E-state index in [-0.39, 0.29) is 24.5 Å². The molecule has 0 radical (unpaired) electrons. The van der Waals surface area contributed by atoms with Crippen molar-refractivity contribution < 1.29 is 19.5 Å². The summed E-state index contributed by atoms with van der Waals surface area (Å²) in [5.74, 6) is -1.37. The number of carbonyl (C=O) groups excluding carboxylic acids is 2. The summed E-state index contributed by atoms with van der Waals surface area (Å²) in [6, 6.07) is 6.82. The molecule has 5 nitrogen and oxygen atoms in total. The molecule has 0 amide bonds. The van der Waals surface area contributed by atoms with Gasteiger partial charge in [-0.25, -0.2) is 0 Å². The molecule has 0 fully saturated rings. The molecule has 0 bridgehead atoms. The summed E-state index contributed by atoms with van der Waals surface area (Å²) in [4.78, 5) is 33.7. The number of ketones is 1. The van der Waals surface area contributed by atoms with Crippen LogP contribution >= 0.6 is 0 Å². The average Bonchev–Trinajstić information content (AvgIpc) is 2.78. The van der Waals surface area contributed by atoms with Crippen LogP contribution in [0.15, 0.2) is 30.5 Å². The number of fused-ring (bicyclic) bond motifs is 1. The van der Waals surface area contributed by atoms with Crippen LogP contribution in [-0.4, -0.2) is 27.3 Å². The van der Waals surface area contributed by atoms with Crippen molar-refractivity contribution in [1.29, 1.82) is 0 Å². The van der Waals surface area contributed by atoms with Gasteiger partial charge in [0.15, 0.2) is 5.78 Å². The Morgan fingerprint density at radius 1 is 1.16 bits per heavy atom. The summed E-state index contributed by atoms with van der Waals surface area (Å²) in [5, 5.41) is 9.43. The molecule has 2 rings (SSSR count). The van der Waals surface area contributed by atoms with Crippen LogP contribution in [0.5, 0.6) is 0 Å². The molecule has 0 saturated heterocycles. The van der Waals surface area contributed by atoms with Crippen molar-refractivity contribution in [2.24, 2.45) is 0 Å². The number of aliphatic carboxylic acids is 1. The number of carbonyl (C=O) groups is 3. The van der Waals surface area contributed by atoms with Gasteiger partial charge < -0.3 is 5.11 Å². The molecule has 2 aromatic rings. The second kappa shape index (κ2) is 5.06. The predicted octanol–water partition coefficient (Wildman–Crippen LogP) is 2.35. The van der Waals surface area contributed by atoms with Gasteiger partial charge in [0.25, 0.3) is 0 Å². The van der Waals surface area contributed by atoms with Crippen LogP contribution in [0, 0.1) is 0 Å². The van der Waals surface area contributed by atoms with E-state index in [9.17, 15) is 14.4 Å². The molecule has 5 heteroatoms. The van der Waals surface area contributed by atoms with Crippen LogP contribution in [-0.2, 0) is 4.79 Å². The molecule has 0 aliphatic heterocycles. The Morgan fingerprint density at radius 2 is 1.89 bits per heavy atom. The van der Waals surface area contributed by atoms with Gasteiger partial charge in [0, 0.05) is 30.5 Å². The first-order valence-corrected chi connectivity index (χ1v) is 5.86. The van der Waals surface area contributed by atoms with Gasteiger partial charge in [-0.2, -0.15) is 0 Å². The molecule has 0 unspecified atom stereocenters. The molecule has 0 atom stereocenters. The maximum Gasteiger partial charge on any atom is 0.303 e. The Hall–Kier alpha value is -2.43. The quantitative estimate of drug-likeness (QED) is 0.855. The van der Waals surface area contributed by atoms with Crippen LogP contribution in [0.25, 0.3) is 10.9 Å². The van der Waals surface area contributed by atoms with E-state index in [0.717, 1.165) is 5.39 Å². The Morgan fingerprint density at radius 3 is 2.53 bits per heavy atom. The predicted molar refractivity (Wildman–Crippen MR) is 69.4 cm³/mol. The highest BCUT2D eigenvalue weighted by atomic mass is 16.4. The van der Waals surface area contributed by atoms with E-state index in [1.165, 1.54) is 11.5 Å². The molecule has 0 aliphatic rings. The molecule has 1 heterocycles. The smallest absolute Gasteiger partial charge is 0.303 e. The van der Waals surface area contributed by atoms with Gasteiger partial charge in [0.1, 0.15) is 0 Å². The Kier molecular flexibility index (Phi) is 3.46. The normalized spacial score (nSPS) is 10.6. The fourth-order valence-corrected chi connectivity index (χ4v) is 1.94. The van der Waals surface area contributed by atoms with Gasteiger partial charge in [0.05, 0.1) is 11.9 Å². The standard InChI is InChI=1S/C14H13NO4/c1-9(16)15-7-6-10-2-3-11(8-12(10)15)13(17)4-5-14(18)19/h2-3,6-8H,4-5H2,1H3,(H,18,19). The zero-order chi connectivity index (χ0) is 14.0. The van der Waals surface area contributed by atoms with E-state index in [2.05, 4.69) is 0 Å². The average molecular weight is 259 g/mol. The fourth-order valence-electron chi connectivity index (χ4n) is 1.94. The van der Waals surface area contributed by atoms with Gasteiger partial charge >= 0.3 is 5.97 Å². The molecule has 0 aliphatic carbocycles. The van der Waals surface area contributed by atoms with Crippen LogP contribution < -0.4 is 0 Å². The number of aromatic nitrogens is 1. The number of carboxylic acids is 1. The maximum atomic E-state index is 11.8. The van der Waals surface area contributed by atoms with Crippen molar-refractivity contribution in [3.63, 3.8) is 0 Å². The number of nitrogens with zero attached hydrogens (tertiary/aromatic N) is 1. The lowest BCUT2D eigenvalue weighted by Crippen LogP contribution is -2.06. The number of hydrogen-bond acceptors (Lipinski definition) is 3. The van der Waals surface area contributed by atoms with Crippen molar-refractivity contribution in [2.45, 2.75) is 19.8 Å². The SMILES string of the molecule is CC(=O)n1ccc2ccc(C(=O)CCC(=O)O)cc21. The minimum Gasteiger partial charge on any atom is -0.481 e. The largest absolute Gasteiger partial charge is 0.481 e. The highest BCUT2D eigenvalue weighted by Crippen LogP contribution is 2.19. The summed E-state index contributed by atoms with van der Waals surface area (Å²) < 4.78 is 1.46. The third-order valence-electron chi connectivity index (χ3n) is 2.92. The van der Waals surface area contributed by atoms with Crippen LogP contribution in [0.4, 0.5) is 0 Å². The monoisotopic (exact) mass is 259 g/mol. The van der Waals surface area contributed by atoms with Gasteiger partial charge in [-0.15, -0.1) is 0 Å². The summed E-state index contributed by atoms with van der Waals surface area (Å²) in [6.07, 6.45) is 1.42. The fraction of sp³-hybridized carbons (Fsp3) is 0.214. The van der Waals surface area contributed by atoms with Gasteiger partial charge in [0.2, 0.25) is 5.91 Å². The zero-order valence-electron chi connectivity index (χ0n) is 10.4. The molecular weight excluding hydrogens is 246 g/mol. The number of Topliss-reactive ketones (excluding diaryl/α,β-unsaturated/α-hetero) is 1. The van der Waals surface area contributed by atoms with Crippen molar-refractivity contribution in [1.82, 2.24) is 4.57 Å².